The number of nitrogens with one attached hydrogen (secondary N) is 1. The lowest BCUT2D eigenvalue weighted by Gasteiger charge is -2.02. The van der Waals surface area contributed by atoms with Gasteiger partial charge >= 0.3 is 0 Å². The van der Waals surface area contributed by atoms with Crippen molar-refractivity contribution in [2.45, 2.75) is 0 Å². The Hall–Kier alpha value is -1.97. The Morgan fingerprint density at radius 1 is 1.13 bits per heavy atom. The van der Waals surface area contributed by atoms with Gasteiger partial charge in [-0.25, -0.2) is 14.4 Å². The molecule has 0 bridgehead atoms. The molecule has 0 unspecified atom stereocenters. The Balaban J connectivity index is 2.42. The highest BCUT2D eigenvalue weighted by atomic mass is 19.1. The van der Waals surface area contributed by atoms with Gasteiger partial charge in [0.15, 0.2) is 5.82 Å². The molecule has 0 spiro atoms. The number of aromatic nitrogens is 2. The van der Waals surface area contributed by atoms with Gasteiger partial charge in [0, 0.05) is 7.05 Å². The first-order chi connectivity index (χ1) is 7.31. The Labute approximate surface area is 87.0 Å². The summed E-state index contributed by atoms with van der Waals surface area (Å²) in [7, 11) is 1.78. The fraction of sp³-hybridized carbons (Fsp3) is 0.0909. The quantitative estimate of drug-likeness (QED) is 0.813. The van der Waals surface area contributed by atoms with E-state index in [1.165, 1.54) is 6.07 Å². The van der Waals surface area contributed by atoms with Gasteiger partial charge in [0.25, 0.3) is 0 Å². The first-order valence-electron chi connectivity index (χ1n) is 4.56. The molecule has 1 N–H and O–H groups in total. The molecule has 1 aromatic carbocycles. The number of anilines is 1. The fourth-order valence-corrected chi connectivity index (χ4v) is 1.24. The molecule has 1 aromatic heterocycles. The second-order valence-corrected chi connectivity index (χ2v) is 3.03. The van der Waals surface area contributed by atoms with Gasteiger partial charge in [-0.15, -0.1) is 0 Å². The SMILES string of the molecule is CNc1cnc(-c2ccccc2F)nc1. The van der Waals surface area contributed by atoms with Crippen molar-refractivity contribution in [2.24, 2.45) is 0 Å². The molecule has 1 heterocycles. The predicted molar refractivity (Wildman–Crippen MR) is 57.0 cm³/mol. The van der Waals surface area contributed by atoms with Crippen LogP contribution in [0.3, 0.4) is 0 Å². The lowest BCUT2D eigenvalue weighted by atomic mass is 10.2. The van der Waals surface area contributed by atoms with Crippen molar-refractivity contribution in [3.63, 3.8) is 0 Å². The van der Waals surface area contributed by atoms with Crippen molar-refractivity contribution < 1.29 is 4.39 Å². The Kier molecular flexibility index (Phi) is 2.58. The lowest BCUT2D eigenvalue weighted by molar-refractivity contribution is 0.630. The molecule has 3 nitrogen and oxygen atoms in total. The zero-order valence-corrected chi connectivity index (χ0v) is 8.24. The summed E-state index contributed by atoms with van der Waals surface area (Å²) in [6.45, 7) is 0. The molecule has 15 heavy (non-hydrogen) atoms. The molecule has 0 saturated heterocycles. The molecule has 0 fully saturated rings. The third-order valence-corrected chi connectivity index (χ3v) is 2.06. The summed E-state index contributed by atoms with van der Waals surface area (Å²) in [5.41, 5.74) is 1.22. The van der Waals surface area contributed by atoms with Crippen molar-refractivity contribution in [3.05, 3.63) is 42.5 Å². The van der Waals surface area contributed by atoms with E-state index in [4.69, 9.17) is 0 Å². The van der Waals surface area contributed by atoms with Crippen LogP contribution >= 0.6 is 0 Å². The summed E-state index contributed by atoms with van der Waals surface area (Å²) < 4.78 is 13.4. The largest absolute Gasteiger partial charge is 0.386 e. The first kappa shape index (κ1) is 9.58. The van der Waals surface area contributed by atoms with Crippen LogP contribution < -0.4 is 5.32 Å². The highest BCUT2D eigenvalue weighted by molar-refractivity contribution is 5.56. The van der Waals surface area contributed by atoms with E-state index in [-0.39, 0.29) is 5.82 Å². The van der Waals surface area contributed by atoms with E-state index in [9.17, 15) is 4.39 Å². The highest BCUT2D eigenvalue weighted by Gasteiger charge is 2.05. The maximum Gasteiger partial charge on any atom is 0.162 e. The average Bonchev–Trinajstić information content (AvgIpc) is 2.30. The van der Waals surface area contributed by atoms with Crippen LogP contribution in [0.5, 0.6) is 0 Å². The lowest BCUT2D eigenvalue weighted by Crippen LogP contribution is -1.94. The van der Waals surface area contributed by atoms with Crippen LogP contribution in [-0.4, -0.2) is 17.0 Å². The zero-order valence-electron chi connectivity index (χ0n) is 8.24. The Bertz CT molecular complexity index is 454. The van der Waals surface area contributed by atoms with Gasteiger partial charge in [-0.2, -0.15) is 0 Å². The maximum atomic E-state index is 13.4. The molecule has 0 atom stereocenters. The van der Waals surface area contributed by atoms with Gasteiger partial charge < -0.3 is 5.32 Å². The van der Waals surface area contributed by atoms with Crippen LogP contribution in [0.15, 0.2) is 36.7 Å². The van der Waals surface area contributed by atoms with E-state index in [0.717, 1.165) is 5.69 Å². The smallest absolute Gasteiger partial charge is 0.162 e. The molecule has 0 aliphatic rings. The minimum absolute atomic E-state index is 0.310. The molecule has 0 radical (unpaired) electrons. The molecule has 0 aliphatic carbocycles. The molecule has 76 valence electrons. The predicted octanol–water partition coefficient (Wildman–Crippen LogP) is 2.32. The highest BCUT2D eigenvalue weighted by Crippen LogP contribution is 2.18. The summed E-state index contributed by atoms with van der Waals surface area (Å²) in [6, 6.07) is 6.45. The van der Waals surface area contributed by atoms with Crippen LogP contribution in [0, 0.1) is 5.82 Å². The van der Waals surface area contributed by atoms with Gasteiger partial charge in [-0.3, -0.25) is 0 Å². The third kappa shape index (κ3) is 1.93. The standard InChI is InChI=1S/C11H10FN3/c1-13-8-6-14-11(15-7-8)9-4-2-3-5-10(9)12/h2-7,13H,1H3. The third-order valence-electron chi connectivity index (χ3n) is 2.06. The maximum absolute atomic E-state index is 13.4. The summed E-state index contributed by atoms with van der Waals surface area (Å²) in [6.07, 6.45) is 3.24. The number of hydrogen-bond acceptors (Lipinski definition) is 3. The zero-order chi connectivity index (χ0) is 10.7. The molecule has 2 aromatic rings. The van der Waals surface area contributed by atoms with E-state index < -0.39 is 0 Å². The van der Waals surface area contributed by atoms with Crippen molar-refractivity contribution in [1.82, 2.24) is 9.97 Å². The van der Waals surface area contributed by atoms with Crippen LogP contribution in [0.1, 0.15) is 0 Å². The number of hydrogen-bond donors (Lipinski definition) is 1. The van der Waals surface area contributed by atoms with E-state index in [1.54, 1.807) is 37.6 Å². The van der Waals surface area contributed by atoms with Crippen molar-refractivity contribution in [3.8, 4) is 11.4 Å². The molecule has 0 aliphatic heterocycles. The van der Waals surface area contributed by atoms with E-state index in [0.29, 0.717) is 11.4 Å². The van der Waals surface area contributed by atoms with Crippen LogP contribution in [0.4, 0.5) is 10.1 Å². The van der Waals surface area contributed by atoms with Crippen molar-refractivity contribution in [2.75, 3.05) is 12.4 Å². The summed E-state index contributed by atoms with van der Waals surface area (Å²) >= 11 is 0. The monoisotopic (exact) mass is 203 g/mol. The second-order valence-electron chi connectivity index (χ2n) is 3.03. The summed E-state index contributed by atoms with van der Waals surface area (Å²) in [5.74, 6) is 0.0850. The minimum atomic E-state index is -0.310. The fourth-order valence-electron chi connectivity index (χ4n) is 1.24. The van der Waals surface area contributed by atoms with E-state index in [2.05, 4.69) is 15.3 Å². The van der Waals surface area contributed by atoms with Crippen LogP contribution in [0.2, 0.25) is 0 Å². The number of halogens is 1. The molecular formula is C11H10FN3. The van der Waals surface area contributed by atoms with Crippen molar-refractivity contribution >= 4 is 5.69 Å². The molecule has 0 amide bonds. The topological polar surface area (TPSA) is 37.8 Å². The van der Waals surface area contributed by atoms with Gasteiger partial charge in [-0.1, -0.05) is 12.1 Å². The van der Waals surface area contributed by atoms with Gasteiger partial charge in [0.2, 0.25) is 0 Å². The number of benzene rings is 1. The van der Waals surface area contributed by atoms with Crippen LogP contribution in [0.25, 0.3) is 11.4 Å². The average molecular weight is 203 g/mol. The first-order valence-corrected chi connectivity index (χ1v) is 4.56. The van der Waals surface area contributed by atoms with Crippen LogP contribution in [-0.2, 0) is 0 Å². The van der Waals surface area contributed by atoms with E-state index >= 15 is 0 Å². The molecule has 2 rings (SSSR count). The Morgan fingerprint density at radius 3 is 2.40 bits per heavy atom. The number of rotatable bonds is 2. The van der Waals surface area contributed by atoms with Crippen molar-refractivity contribution in [1.29, 1.82) is 0 Å². The summed E-state index contributed by atoms with van der Waals surface area (Å²) in [4.78, 5) is 8.13. The normalized spacial score (nSPS) is 10.0. The Morgan fingerprint density at radius 2 is 1.80 bits per heavy atom. The number of nitrogens with zero attached hydrogens (tertiary/aromatic N) is 2. The minimum Gasteiger partial charge on any atom is -0.386 e. The van der Waals surface area contributed by atoms with E-state index in [1.807, 2.05) is 0 Å². The van der Waals surface area contributed by atoms with Gasteiger partial charge in [0.1, 0.15) is 5.82 Å². The summed E-state index contributed by atoms with van der Waals surface area (Å²) in [5, 5.41) is 2.90. The molecule has 0 saturated carbocycles. The van der Waals surface area contributed by atoms with Gasteiger partial charge in [0.05, 0.1) is 23.6 Å². The molecular weight excluding hydrogens is 193 g/mol. The molecule has 4 heteroatoms. The van der Waals surface area contributed by atoms with Gasteiger partial charge in [-0.05, 0) is 12.1 Å². The second kappa shape index (κ2) is 4.04.